The number of thioether (sulfide) groups is 1. The first kappa shape index (κ1) is 19.9. The molecular weight excluding hydrogens is 386 g/mol. The fourth-order valence-corrected chi connectivity index (χ4v) is 4.80. The van der Waals surface area contributed by atoms with Crippen molar-refractivity contribution in [1.82, 2.24) is 14.9 Å². The van der Waals surface area contributed by atoms with Gasteiger partial charge in [0, 0.05) is 41.3 Å². The van der Waals surface area contributed by atoms with Crippen molar-refractivity contribution in [3.05, 3.63) is 66.1 Å². The number of aliphatic hydroxyl groups is 1. The summed E-state index contributed by atoms with van der Waals surface area (Å²) in [5, 5.41) is 15.6. The monoisotopic (exact) mass is 411 g/mol. The van der Waals surface area contributed by atoms with Crippen molar-refractivity contribution in [2.24, 2.45) is 0 Å². The van der Waals surface area contributed by atoms with Crippen molar-refractivity contribution < 1.29 is 14.6 Å². The highest BCUT2D eigenvalue weighted by Crippen LogP contribution is 2.38. The van der Waals surface area contributed by atoms with Crippen molar-refractivity contribution >= 4 is 28.8 Å². The van der Waals surface area contributed by atoms with E-state index in [1.54, 1.807) is 24.2 Å². The second-order valence-corrected chi connectivity index (χ2v) is 9.31. The lowest BCUT2D eigenvalue weighted by atomic mass is 10.0. The first-order valence-corrected chi connectivity index (χ1v) is 10.7. The highest BCUT2D eigenvalue weighted by Gasteiger charge is 2.33. The van der Waals surface area contributed by atoms with E-state index in [1.807, 2.05) is 63.4 Å². The van der Waals surface area contributed by atoms with E-state index in [-0.39, 0.29) is 11.4 Å². The average molecular weight is 412 g/mol. The van der Waals surface area contributed by atoms with Gasteiger partial charge in [-0.2, -0.15) is 0 Å². The standard InChI is InChI=1S/C22H25N3O3S/c1-22(2,3)28-21(27)25-12-16(15-8-4-5-9-18(15)25)19(26)17-13-29-20(24-17)14-7-6-10-23-11-14/h4-12,17,19-20,24,26H,13H2,1-3H3. The van der Waals surface area contributed by atoms with E-state index < -0.39 is 17.8 Å². The summed E-state index contributed by atoms with van der Waals surface area (Å²) in [6.45, 7) is 5.51. The van der Waals surface area contributed by atoms with E-state index in [4.69, 9.17) is 4.74 Å². The first-order chi connectivity index (χ1) is 13.8. The van der Waals surface area contributed by atoms with Crippen LogP contribution in [0.2, 0.25) is 0 Å². The number of fused-ring (bicyclic) bond motifs is 1. The van der Waals surface area contributed by atoms with Crippen LogP contribution < -0.4 is 5.32 Å². The summed E-state index contributed by atoms with van der Waals surface area (Å²) >= 11 is 1.74. The maximum Gasteiger partial charge on any atom is 0.419 e. The van der Waals surface area contributed by atoms with Crippen LogP contribution in [-0.4, -0.2) is 38.1 Å². The minimum atomic E-state index is -0.752. The molecule has 1 aliphatic heterocycles. The zero-order valence-electron chi connectivity index (χ0n) is 16.7. The number of rotatable bonds is 3. The van der Waals surface area contributed by atoms with Crippen LogP contribution in [-0.2, 0) is 4.74 Å². The molecule has 3 heterocycles. The Morgan fingerprint density at radius 3 is 2.83 bits per heavy atom. The summed E-state index contributed by atoms with van der Waals surface area (Å²) in [6.07, 6.45) is 4.09. The summed E-state index contributed by atoms with van der Waals surface area (Å²) in [6, 6.07) is 11.4. The van der Waals surface area contributed by atoms with E-state index >= 15 is 0 Å². The molecule has 0 saturated carbocycles. The van der Waals surface area contributed by atoms with Gasteiger partial charge < -0.3 is 9.84 Å². The van der Waals surface area contributed by atoms with Crippen molar-refractivity contribution in [2.45, 2.75) is 43.9 Å². The van der Waals surface area contributed by atoms with E-state index in [9.17, 15) is 9.90 Å². The second-order valence-electron chi connectivity index (χ2n) is 8.17. The Labute approximate surface area is 174 Å². The molecule has 0 radical (unpaired) electrons. The van der Waals surface area contributed by atoms with Crippen molar-refractivity contribution in [3.8, 4) is 0 Å². The van der Waals surface area contributed by atoms with Gasteiger partial charge in [-0.05, 0) is 38.5 Å². The van der Waals surface area contributed by atoms with Crippen LogP contribution in [0.25, 0.3) is 10.9 Å². The van der Waals surface area contributed by atoms with Crippen LogP contribution in [0.15, 0.2) is 55.0 Å². The number of hydrogen-bond donors (Lipinski definition) is 2. The number of hydrogen-bond acceptors (Lipinski definition) is 6. The maximum absolute atomic E-state index is 12.7. The molecular formula is C22H25N3O3S. The van der Waals surface area contributed by atoms with Gasteiger partial charge in [0.1, 0.15) is 5.60 Å². The Bertz CT molecular complexity index is 1010. The molecule has 29 heavy (non-hydrogen) atoms. The molecule has 3 unspecified atom stereocenters. The first-order valence-electron chi connectivity index (χ1n) is 9.62. The van der Waals surface area contributed by atoms with E-state index in [0.29, 0.717) is 0 Å². The fourth-order valence-electron chi connectivity index (χ4n) is 3.52. The van der Waals surface area contributed by atoms with Crippen LogP contribution in [0.3, 0.4) is 0 Å². The minimum Gasteiger partial charge on any atom is -0.443 e. The number of benzene rings is 1. The zero-order chi connectivity index (χ0) is 20.6. The minimum absolute atomic E-state index is 0.0857. The van der Waals surface area contributed by atoms with Crippen molar-refractivity contribution in [1.29, 1.82) is 0 Å². The lowest BCUT2D eigenvalue weighted by Crippen LogP contribution is -2.32. The van der Waals surface area contributed by atoms with Crippen LogP contribution in [0.5, 0.6) is 0 Å². The van der Waals surface area contributed by atoms with Gasteiger partial charge in [-0.1, -0.05) is 24.3 Å². The molecule has 0 aliphatic carbocycles. The normalized spacial score (nSPS) is 20.7. The van der Waals surface area contributed by atoms with Gasteiger partial charge in [0.25, 0.3) is 0 Å². The molecule has 152 valence electrons. The molecule has 7 heteroatoms. The zero-order valence-corrected chi connectivity index (χ0v) is 17.5. The number of pyridine rings is 1. The van der Waals surface area contributed by atoms with Gasteiger partial charge in [-0.3, -0.25) is 14.9 Å². The van der Waals surface area contributed by atoms with Crippen LogP contribution >= 0.6 is 11.8 Å². The fraction of sp³-hybridized carbons (Fsp3) is 0.364. The summed E-state index contributed by atoms with van der Waals surface area (Å²) in [7, 11) is 0. The van der Waals surface area contributed by atoms with Gasteiger partial charge in [-0.25, -0.2) is 4.79 Å². The second kappa shape index (κ2) is 7.82. The molecule has 0 amide bonds. The van der Waals surface area contributed by atoms with Crippen molar-refractivity contribution in [3.63, 3.8) is 0 Å². The highest BCUT2D eigenvalue weighted by atomic mass is 32.2. The molecule has 2 aromatic heterocycles. The lowest BCUT2D eigenvalue weighted by Gasteiger charge is -2.20. The lowest BCUT2D eigenvalue weighted by molar-refractivity contribution is 0.0543. The number of carbonyl (C=O) groups excluding carboxylic acids is 1. The third kappa shape index (κ3) is 4.17. The quantitative estimate of drug-likeness (QED) is 0.671. The SMILES string of the molecule is CC(C)(C)OC(=O)n1cc(C(O)C2CSC(c3cccnc3)N2)c2ccccc21. The number of aromatic nitrogens is 2. The van der Waals surface area contributed by atoms with Crippen molar-refractivity contribution in [2.75, 3.05) is 5.75 Å². The predicted octanol–water partition coefficient (Wildman–Crippen LogP) is 4.26. The van der Waals surface area contributed by atoms with Crippen LogP contribution in [0.1, 0.15) is 43.4 Å². The largest absolute Gasteiger partial charge is 0.443 e. The third-order valence-corrected chi connectivity index (χ3v) is 6.12. The molecule has 1 saturated heterocycles. The molecule has 6 nitrogen and oxygen atoms in total. The number of para-hydroxylation sites is 1. The maximum atomic E-state index is 12.7. The summed E-state index contributed by atoms with van der Waals surface area (Å²) < 4.78 is 7.03. The molecule has 3 atom stereocenters. The van der Waals surface area contributed by atoms with Gasteiger partial charge in [0.15, 0.2) is 0 Å². The molecule has 3 aromatic rings. The number of aliphatic hydroxyl groups excluding tert-OH is 1. The Morgan fingerprint density at radius 1 is 1.31 bits per heavy atom. The average Bonchev–Trinajstić information content (AvgIpc) is 3.32. The smallest absolute Gasteiger partial charge is 0.419 e. The number of nitrogens with zero attached hydrogens (tertiary/aromatic N) is 2. The molecule has 1 aliphatic rings. The highest BCUT2D eigenvalue weighted by molar-refractivity contribution is 7.99. The molecule has 1 aromatic carbocycles. The van der Waals surface area contributed by atoms with E-state index in [2.05, 4.69) is 10.3 Å². The number of nitrogens with one attached hydrogen (secondary N) is 1. The third-order valence-electron chi connectivity index (χ3n) is 4.83. The molecule has 0 bridgehead atoms. The molecule has 4 rings (SSSR count). The molecule has 1 fully saturated rings. The Hall–Kier alpha value is -2.35. The van der Waals surface area contributed by atoms with E-state index in [0.717, 1.165) is 27.8 Å². The Kier molecular flexibility index (Phi) is 5.38. The molecule has 2 N–H and O–H groups in total. The van der Waals surface area contributed by atoms with Gasteiger partial charge in [-0.15, -0.1) is 11.8 Å². The van der Waals surface area contributed by atoms with E-state index in [1.165, 1.54) is 4.57 Å². The van der Waals surface area contributed by atoms with Crippen LogP contribution in [0, 0.1) is 0 Å². The van der Waals surface area contributed by atoms with Gasteiger partial charge >= 0.3 is 6.09 Å². The summed E-state index contributed by atoms with van der Waals surface area (Å²) in [4.78, 5) is 16.9. The summed E-state index contributed by atoms with van der Waals surface area (Å²) in [5.41, 5.74) is 1.94. The molecule has 0 spiro atoms. The number of carbonyl (C=O) groups is 1. The Balaban J connectivity index is 1.61. The predicted molar refractivity (Wildman–Crippen MR) is 115 cm³/mol. The Morgan fingerprint density at radius 2 is 2.10 bits per heavy atom. The van der Waals surface area contributed by atoms with Gasteiger partial charge in [0.2, 0.25) is 0 Å². The topological polar surface area (TPSA) is 76.4 Å². The summed E-state index contributed by atoms with van der Waals surface area (Å²) in [5.74, 6) is 0.757. The van der Waals surface area contributed by atoms with Gasteiger partial charge in [0.05, 0.1) is 17.0 Å². The van der Waals surface area contributed by atoms with Crippen LogP contribution in [0.4, 0.5) is 4.79 Å². The number of ether oxygens (including phenoxy) is 1.